The molecule has 0 aliphatic rings. The smallest absolute Gasteiger partial charge is 0.185 e. The Morgan fingerprint density at radius 1 is 1.60 bits per heavy atom. The number of thiazole rings is 1. The summed E-state index contributed by atoms with van der Waals surface area (Å²) in [6, 6.07) is 0.573. The van der Waals surface area contributed by atoms with Gasteiger partial charge in [-0.2, -0.15) is 0 Å². The first-order chi connectivity index (χ1) is 7.19. The lowest BCUT2D eigenvalue weighted by Crippen LogP contribution is -2.28. The van der Waals surface area contributed by atoms with Crippen LogP contribution in [0.25, 0.3) is 0 Å². The fourth-order valence-electron chi connectivity index (χ4n) is 1.52. The van der Waals surface area contributed by atoms with Crippen LogP contribution < -0.4 is 10.2 Å². The third kappa shape index (κ3) is 3.47. The number of nitrogens with one attached hydrogen (secondary N) is 1. The molecule has 0 fully saturated rings. The van der Waals surface area contributed by atoms with Crippen LogP contribution in [0.4, 0.5) is 5.13 Å². The van der Waals surface area contributed by atoms with Crippen LogP contribution in [0.3, 0.4) is 0 Å². The van der Waals surface area contributed by atoms with Crippen molar-refractivity contribution in [2.45, 2.75) is 39.3 Å². The number of nitrogens with zero attached hydrogens (tertiary/aromatic N) is 2. The maximum Gasteiger partial charge on any atom is 0.185 e. The number of aromatic nitrogens is 1. The normalized spacial score (nSPS) is 12.8. The molecule has 0 aliphatic heterocycles. The molecule has 0 aromatic carbocycles. The van der Waals surface area contributed by atoms with Crippen LogP contribution in [-0.4, -0.2) is 25.1 Å². The zero-order valence-corrected chi connectivity index (χ0v) is 10.9. The van der Waals surface area contributed by atoms with E-state index in [9.17, 15) is 0 Å². The molecule has 0 saturated carbocycles. The summed E-state index contributed by atoms with van der Waals surface area (Å²) in [6.45, 7) is 5.38. The number of hydrogen-bond donors (Lipinski definition) is 1. The van der Waals surface area contributed by atoms with Crippen LogP contribution >= 0.6 is 11.3 Å². The minimum atomic E-state index is 0.573. The summed E-state index contributed by atoms with van der Waals surface area (Å²) in [5, 5.41) is 4.27. The summed E-state index contributed by atoms with van der Waals surface area (Å²) in [5.74, 6) is 0. The molecule has 1 N–H and O–H groups in total. The summed E-state index contributed by atoms with van der Waals surface area (Å²) in [5.41, 5.74) is 0. The second-order valence-corrected chi connectivity index (χ2v) is 4.98. The molecule has 86 valence electrons. The molecule has 1 rings (SSSR count). The van der Waals surface area contributed by atoms with Gasteiger partial charge in [0.05, 0.1) is 0 Å². The molecule has 1 atom stereocenters. The van der Waals surface area contributed by atoms with Gasteiger partial charge in [-0.05, 0) is 20.4 Å². The minimum absolute atomic E-state index is 0.573. The first kappa shape index (κ1) is 12.5. The number of rotatable bonds is 6. The average molecular weight is 227 g/mol. The van der Waals surface area contributed by atoms with Crippen molar-refractivity contribution in [1.29, 1.82) is 0 Å². The van der Waals surface area contributed by atoms with Gasteiger partial charge < -0.3 is 10.2 Å². The molecule has 0 radical (unpaired) electrons. The fourth-order valence-corrected chi connectivity index (χ4v) is 2.50. The maximum absolute atomic E-state index is 4.44. The summed E-state index contributed by atoms with van der Waals surface area (Å²) >= 11 is 1.77. The highest BCUT2D eigenvalue weighted by molar-refractivity contribution is 7.15. The van der Waals surface area contributed by atoms with Crippen molar-refractivity contribution in [3.8, 4) is 0 Å². The molecule has 15 heavy (non-hydrogen) atoms. The molecular weight excluding hydrogens is 206 g/mol. The van der Waals surface area contributed by atoms with E-state index in [1.807, 2.05) is 13.2 Å². The average Bonchev–Trinajstić information content (AvgIpc) is 2.66. The Morgan fingerprint density at radius 3 is 2.93 bits per heavy atom. The molecule has 0 aliphatic carbocycles. The van der Waals surface area contributed by atoms with Crippen molar-refractivity contribution in [3.63, 3.8) is 0 Å². The van der Waals surface area contributed by atoms with Gasteiger partial charge in [-0.3, -0.25) is 0 Å². The zero-order chi connectivity index (χ0) is 11.3. The van der Waals surface area contributed by atoms with Crippen molar-refractivity contribution in [2.24, 2.45) is 0 Å². The van der Waals surface area contributed by atoms with Gasteiger partial charge in [0, 0.05) is 30.7 Å². The van der Waals surface area contributed by atoms with Crippen LogP contribution in [-0.2, 0) is 6.54 Å². The van der Waals surface area contributed by atoms with E-state index in [0.29, 0.717) is 6.04 Å². The Kier molecular flexibility index (Phi) is 5.05. The summed E-state index contributed by atoms with van der Waals surface area (Å²) in [7, 11) is 4.09. The maximum atomic E-state index is 4.44. The third-order valence-corrected chi connectivity index (χ3v) is 3.65. The zero-order valence-electron chi connectivity index (χ0n) is 10.1. The van der Waals surface area contributed by atoms with Gasteiger partial charge in [-0.15, -0.1) is 11.3 Å². The van der Waals surface area contributed by atoms with E-state index < -0.39 is 0 Å². The van der Waals surface area contributed by atoms with Crippen molar-refractivity contribution < 1.29 is 0 Å². The van der Waals surface area contributed by atoms with Gasteiger partial charge in [-0.25, -0.2) is 4.98 Å². The van der Waals surface area contributed by atoms with Crippen molar-refractivity contribution in [1.82, 2.24) is 10.3 Å². The Labute approximate surface area is 96.5 Å². The predicted octanol–water partition coefficient (Wildman–Crippen LogP) is 2.49. The van der Waals surface area contributed by atoms with E-state index in [0.717, 1.165) is 11.7 Å². The molecule has 1 unspecified atom stereocenters. The van der Waals surface area contributed by atoms with Gasteiger partial charge >= 0.3 is 0 Å². The molecule has 0 spiro atoms. The molecule has 1 heterocycles. The highest BCUT2D eigenvalue weighted by atomic mass is 32.1. The predicted molar refractivity (Wildman–Crippen MR) is 67.7 cm³/mol. The Balaban J connectivity index is 2.60. The highest BCUT2D eigenvalue weighted by Gasteiger charge is 2.12. The van der Waals surface area contributed by atoms with Crippen LogP contribution in [0.2, 0.25) is 0 Å². The van der Waals surface area contributed by atoms with Gasteiger partial charge in [0.2, 0.25) is 0 Å². The molecule has 4 heteroatoms. The van der Waals surface area contributed by atoms with E-state index in [2.05, 4.69) is 36.1 Å². The van der Waals surface area contributed by atoms with Gasteiger partial charge in [0.15, 0.2) is 5.13 Å². The second kappa shape index (κ2) is 6.08. The van der Waals surface area contributed by atoms with Gasteiger partial charge in [0.25, 0.3) is 0 Å². The van der Waals surface area contributed by atoms with E-state index in [4.69, 9.17) is 0 Å². The first-order valence-electron chi connectivity index (χ1n) is 5.51. The Bertz CT molecular complexity index is 285. The van der Waals surface area contributed by atoms with E-state index in [-0.39, 0.29) is 0 Å². The molecule has 3 nitrogen and oxygen atoms in total. The highest BCUT2D eigenvalue weighted by Crippen LogP contribution is 2.23. The van der Waals surface area contributed by atoms with Crippen molar-refractivity contribution in [2.75, 3.05) is 19.0 Å². The topological polar surface area (TPSA) is 28.2 Å². The summed E-state index contributed by atoms with van der Waals surface area (Å²) in [6.07, 6.45) is 4.41. The lowest BCUT2D eigenvalue weighted by molar-refractivity contribution is 0.615. The molecule has 0 saturated heterocycles. The van der Waals surface area contributed by atoms with Gasteiger partial charge in [0.1, 0.15) is 0 Å². The molecule has 0 bridgehead atoms. The van der Waals surface area contributed by atoms with Gasteiger partial charge in [-0.1, -0.05) is 13.3 Å². The second-order valence-electron chi connectivity index (χ2n) is 3.89. The van der Waals surface area contributed by atoms with E-state index >= 15 is 0 Å². The number of hydrogen-bond acceptors (Lipinski definition) is 4. The molecule has 1 aromatic heterocycles. The fraction of sp³-hybridized carbons (Fsp3) is 0.727. The minimum Gasteiger partial charge on any atom is -0.348 e. The largest absolute Gasteiger partial charge is 0.348 e. The van der Waals surface area contributed by atoms with Crippen LogP contribution in [0.5, 0.6) is 0 Å². The molecule has 1 aromatic rings. The number of anilines is 1. The SMILES string of the molecule is CCCC(C)N(C)c1ncc(CNC)s1. The quantitative estimate of drug-likeness (QED) is 0.809. The molecule has 0 amide bonds. The van der Waals surface area contributed by atoms with E-state index in [1.165, 1.54) is 17.7 Å². The summed E-state index contributed by atoms with van der Waals surface area (Å²) in [4.78, 5) is 8.01. The lowest BCUT2D eigenvalue weighted by atomic mass is 10.2. The van der Waals surface area contributed by atoms with Crippen LogP contribution in [0, 0.1) is 0 Å². The van der Waals surface area contributed by atoms with E-state index in [1.54, 1.807) is 11.3 Å². The first-order valence-corrected chi connectivity index (χ1v) is 6.32. The molecular formula is C11H21N3S. The lowest BCUT2D eigenvalue weighted by Gasteiger charge is -2.23. The van der Waals surface area contributed by atoms with Crippen LogP contribution in [0.15, 0.2) is 6.20 Å². The van der Waals surface area contributed by atoms with Crippen LogP contribution in [0.1, 0.15) is 31.6 Å². The van der Waals surface area contributed by atoms with Crippen molar-refractivity contribution in [3.05, 3.63) is 11.1 Å². The third-order valence-electron chi connectivity index (χ3n) is 2.56. The van der Waals surface area contributed by atoms with Crippen molar-refractivity contribution >= 4 is 16.5 Å². The Hall–Kier alpha value is -0.610. The monoisotopic (exact) mass is 227 g/mol. The summed E-state index contributed by atoms with van der Waals surface area (Å²) < 4.78 is 0. The standard InChI is InChI=1S/C11H21N3S/c1-5-6-9(2)14(4)11-13-8-10(15-11)7-12-3/h8-9,12H,5-7H2,1-4H3. The Morgan fingerprint density at radius 2 is 2.33 bits per heavy atom.